The maximum absolute atomic E-state index is 11.6. The summed E-state index contributed by atoms with van der Waals surface area (Å²) in [5, 5.41) is 0.714. The second kappa shape index (κ2) is 6.57. The molecular formula is C15H20ClNO3. The highest BCUT2D eigenvalue weighted by Crippen LogP contribution is 2.41. The van der Waals surface area contributed by atoms with Crippen LogP contribution in [-0.4, -0.2) is 32.3 Å². The molecule has 1 heterocycles. The molecule has 1 aliphatic heterocycles. The molecule has 110 valence electrons. The largest absolute Gasteiger partial charge is 0.468 e. The molecule has 1 atom stereocenters. The lowest BCUT2D eigenvalue weighted by atomic mass is 9.70. The van der Waals surface area contributed by atoms with Crippen LogP contribution in [-0.2, 0) is 19.7 Å². The van der Waals surface area contributed by atoms with E-state index in [1.807, 2.05) is 24.3 Å². The molecule has 2 N–H and O–H groups in total. The molecule has 0 bridgehead atoms. The number of carbonyl (C=O) groups is 1. The Bertz CT molecular complexity index is 472. The molecule has 0 aromatic heterocycles. The van der Waals surface area contributed by atoms with E-state index in [4.69, 9.17) is 26.8 Å². The number of carbonyl (C=O) groups excluding carboxylic acids is 1. The van der Waals surface area contributed by atoms with Crippen LogP contribution in [0.15, 0.2) is 24.3 Å². The first-order valence-corrected chi connectivity index (χ1v) is 7.13. The Kier molecular flexibility index (Phi) is 5.02. The van der Waals surface area contributed by atoms with Crippen molar-refractivity contribution in [1.29, 1.82) is 0 Å². The zero-order valence-electron chi connectivity index (χ0n) is 11.6. The van der Waals surface area contributed by atoms with E-state index in [9.17, 15) is 4.79 Å². The molecule has 4 nitrogen and oxygen atoms in total. The van der Waals surface area contributed by atoms with Crippen LogP contribution in [0.3, 0.4) is 0 Å². The molecule has 0 saturated carbocycles. The third kappa shape index (κ3) is 3.14. The summed E-state index contributed by atoms with van der Waals surface area (Å²) < 4.78 is 10.2. The Labute approximate surface area is 124 Å². The van der Waals surface area contributed by atoms with E-state index in [0.29, 0.717) is 24.7 Å². The molecule has 0 amide bonds. The molecule has 2 rings (SSSR count). The molecule has 1 aromatic carbocycles. The fourth-order valence-corrected chi connectivity index (χ4v) is 3.23. The maximum Gasteiger partial charge on any atom is 0.322 e. The van der Waals surface area contributed by atoms with E-state index >= 15 is 0 Å². The van der Waals surface area contributed by atoms with Gasteiger partial charge in [0, 0.05) is 23.7 Å². The second-order valence-corrected chi connectivity index (χ2v) is 5.61. The molecule has 20 heavy (non-hydrogen) atoms. The van der Waals surface area contributed by atoms with Crippen molar-refractivity contribution >= 4 is 17.6 Å². The highest BCUT2D eigenvalue weighted by molar-refractivity contribution is 6.31. The van der Waals surface area contributed by atoms with Gasteiger partial charge in [-0.3, -0.25) is 4.79 Å². The van der Waals surface area contributed by atoms with Gasteiger partial charge in [-0.05, 0) is 30.9 Å². The number of rotatable bonds is 4. The molecule has 1 saturated heterocycles. The van der Waals surface area contributed by atoms with E-state index in [-0.39, 0.29) is 11.4 Å². The van der Waals surface area contributed by atoms with Gasteiger partial charge in [-0.2, -0.15) is 0 Å². The summed E-state index contributed by atoms with van der Waals surface area (Å²) in [5.74, 6) is -0.386. The van der Waals surface area contributed by atoms with Gasteiger partial charge < -0.3 is 15.2 Å². The van der Waals surface area contributed by atoms with E-state index in [0.717, 1.165) is 18.4 Å². The second-order valence-electron chi connectivity index (χ2n) is 5.21. The van der Waals surface area contributed by atoms with Crippen molar-refractivity contribution in [2.45, 2.75) is 30.7 Å². The molecule has 1 aliphatic rings. The first-order chi connectivity index (χ1) is 9.59. The number of hydrogen-bond donors (Lipinski definition) is 1. The Hall–Kier alpha value is -1.10. The number of ether oxygens (including phenoxy) is 2. The van der Waals surface area contributed by atoms with Gasteiger partial charge in [0.25, 0.3) is 0 Å². The zero-order valence-corrected chi connectivity index (χ0v) is 12.4. The Morgan fingerprint density at radius 3 is 2.70 bits per heavy atom. The van der Waals surface area contributed by atoms with Crippen molar-refractivity contribution in [3.8, 4) is 0 Å². The molecule has 0 spiro atoms. The molecule has 1 unspecified atom stereocenters. The van der Waals surface area contributed by atoms with Crippen LogP contribution in [0.2, 0.25) is 5.02 Å². The number of esters is 1. The van der Waals surface area contributed by atoms with E-state index in [1.54, 1.807) is 0 Å². The number of hydrogen-bond acceptors (Lipinski definition) is 4. The Morgan fingerprint density at radius 1 is 1.45 bits per heavy atom. The standard InChI is InChI=1S/C15H20ClNO3/c1-19-14(18)13(17)10-15(6-8-20-9-7-15)11-4-2-3-5-12(11)16/h2-5,13H,6-10,17H2,1H3. The third-order valence-electron chi connectivity index (χ3n) is 4.01. The predicted octanol–water partition coefficient (Wildman–Crippen LogP) is 2.28. The maximum atomic E-state index is 11.6. The number of nitrogens with two attached hydrogens (primary N) is 1. The fraction of sp³-hybridized carbons (Fsp3) is 0.533. The lowest BCUT2D eigenvalue weighted by Crippen LogP contribution is -2.43. The van der Waals surface area contributed by atoms with Gasteiger partial charge in [-0.25, -0.2) is 0 Å². The third-order valence-corrected chi connectivity index (χ3v) is 4.34. The van der Waals surface area contributed by atoms with Crippen LogP contribution < -0.4 is 5.73 Å². The van der Waals surface area contributed by atoms with E-state index in [1.165, 1.54) is 7.11 Å². The summed E-state index contributed by atoms with van der Waals surface area (Å²) in [6.07, 6.45) is 2.13. The van der Waals surface area contributed by atoms with Crippen LogP contribution in [0.1, 0.15) is 24.8 Å². The monoisotopic (exact) mass is 297 g/mol. The van der Waals surface area contributed by atoms with Gasteiger partial charge in [0.1, 0.15) is 6.04 Å². The minimum Gasteiger partial charge on any atom is -0.468 e. The van der Waals surface area contributed by atoms with Gasteiger partial charge in [-0.15, -0.1) is 0 Å². The summed E-state index contributed by atoms with van der Waals surface area (Å²) in [4.78, 5) is 11.6. The van der Waals surface area contributed by atoms with Crippen molar-refractivity contribution in [3.05, 3.63) is 34.9 Å². The molecule has 0 radical (unpaired) electrons. The van der Waals surface area contributed by atoms with E-state index < -0.39 is 6.04 Å². The van der Waals surface area contributed by atoms with Crippen molar-refractivity contribution in [3.63, 3.8) is 0 Å². The Balaban J connectivity index is 2.31. The summed E-state index contributed by atoms with van der Waals surface area (Å²) in [7, 11) is 1.36. The zero-order chi connectivity index (χ0) is 14.6. The average molecular weight is 298 g/mol. The van der Waals surface area contributed by atoms with E-state index in [2.05, 4.69) is 0 Å². The molecule has 0 aliphatic carbocycles. The smallest absolute Gasteiger partial charge is 0.322 e. The van der Waals surface area contributed by atoms with Crippen LogP contribution >= 0.6 is 11.6 Å². The van der Waals surface area contributed by atoms with Crippen molar-refractivity contribution in [2.75, 3.05) is 20.3 Å². The van der Waals surface area contributed by atoms with Crippen LogP contribution in [0.4, 0.5) is 0 Å². The van der Waals surface area contributed by atoms with Crippen LogP contribution in [0, 0.1) is 0 Å². The fourth-order valence-electron chi connectivity index (χ4n) is 2.89. The van der Waals surface area contributed by atoms with Crippen LogP contribution in [0.25, 0.3) is 0 Å². The van der Waals surface area contributed by atoms with Gasteiger partial charge >= 0.3 is 5.97 Å². The lowest BCUT2D eigenvalue weighted by Gasteiger charge is -2.39. The summed E-state index contributed by atoms with van der Waals surface area (Å²) in [5.41, 5.74) is 6.80. The van der Waals surface area contributed by atoms with Gasteiger partial charge in [-0.1, -0.05) is 29.8 Å². The molecule has 1 fully saturated rings. The SMILES string of the molecule is COC(=O)C(N)CC1(c2ccccc2Cl)CCOCC1. The molecule has 1 aromatic rings. The predicted molar refractivity (Wildman–Crippen MR) is 77.8 cm³/mol. The number of halogens is 1. The van der Waals surface area contributed by atoms with Crippen LogP contribution in [0.5, 0.6) is 0 Å². The van der Waals surface area contributed by atoms with Gasteiger partial charge in [0.2, 0.25) is 0 Å². The highest BCUT2D eigenvalue weighted by atomic mass is 35.5. The van der Waals surface area contributed by atoms with Crippen molar-refractivity contribution < 1.29 is 14.3 Å². The number of benzene rings is 1. The average Bonchev–Trinajstić information content (AvgIpc) is 2.47. The highest BCUT2D eigenvalue weighted by Gasteiger charge is 2.39. The Morgan fingerprint density at radius 2 is 2.10 bits per heavy atom. The quantitative estimate of drug-likeness (QED) is 0.866. The summed E-state index contributed by atoms with van der Waals surface area (Å²) in [6.45, 7) is 1.30. The van der Waals surface area contributed by atoms with Gasteiger partial charge in [0.05, 0.1) is 7.11 Å². The normalized spacial score (nSPS) is 19.4. The minimum absolute atomic E-state index is 0.218. The minimum atomic E-state index is -0.644. The first-order valence-electron chi connectivity index (χ1n) is 6.75. The lowest BCUT2D eigenvalue weighted by molar-refractivity contribution is -0.143. The van der Waals surface area contributed by atoms with Gasteiger partial charge in [0.15, 0.2) is 0 Å². The van der Waals surface area contributed by atoms with Crippen molar-refractivity contribution in [2.24, 2.45) is 5.73 Å². The first kappa shape index (κ1) is 15.3. The summed E-state index contributed by atoms with van der Waals surface area (Å²) >= 11 is 6.35. The topological polar surface area (TPSA) is 61.5 Å². The molecule has 5 heteroatoms. The summed E-state index contributed by atoms with van der Waals surface area (Å²) in [6, 6.07) is 7.10. The van der Waals surface area contributed by atoms with Crippen molar-refractivity contribution in [1.82, 2.24) is 0 Å². The molecular weight excluding hydrogens is 278 g/mol. The number of methoxy groups -OCH3 is 1.